The molecule has 0 fully saturated rings. The van der Waals surface area contributed by atoms with E-state index in [4.69, 9.17) is 11.6 Å². The Bertz CT molecular complexity index is 98.5. The highest BCUT2D eigenvalue weighted by Gasteiger charge is 2.50. The van der Waals surface area contributed by atoms with Crippen molar-refractivity contribution >= 4 is 27.5 Å². The Hall–Kier alpha value is 0.560. The van der Waals surface area contributed by atoms with Crippen molar-refractivity contribution in [3.8, 4) is 0 Å². The van der Waals surface area contributed by atoms with Crippen LogP contribution in [0.3, 0.4) is 0 Å². The molecule has 0 saturated heterocycles. The normalized spacial score (nSPS) is 19.3. The topological polar surface area (TPSA) is 0 Å². The van der Waals surface area contributed by atoms with E-state index < -0.39 is 9.96 Å². The molecule has 0 N–H and O–H groups in total. The molecule has 0 nitrogen and oxygen atoms in total. The molecule has 0 aromatic heterocycles. The first-order valence-corrected chi connectivity index (χ1v) is 3.43. The van der Waals surface area contributed by atoms with Gasteiger partial charge in [0.2, 0.25) is 0 Å². The summed E-state index contributed by atoms with van der Waals surface area (Å²) in [6.45, 7) is 1.36. The third-order valence-corrected chi connectivity index (χ3v) is 2.35. The molecule has 0 aliphatic heterocycles. The Morgan fingerprint density at radius 3 is 1.78 bits per heavy atom. The lowest BCUT2D eigenvalue weighted by Gasteiger charge is -2.20. The fraction of sp³-hybridized carbons (Fsp3) is 1.00. The van der Waals surface area contributed by atoms with Crippen molar-refractivity contribution in [1.29, 1.82) is 0 Å². The van der Waals surface area contributed by atoms with Crippen LogP contribution in [0, 0.1) is 0 Å². The molecule has 1 unspecified atom stereocenters. The van der Waals surface area contributed by atoms with Gasteiger partial charge in [0.25, 0.3) is 0 Å². The molecule has 0 radical (unpaired) electrons. The minimum absolute atomic E-state index is 0.182. The first-order chi connectivity index (χ1) is 3.81. The van der Waals surface area contributed by atoms with Crippen LogP contribution in [0.15, 0.2) is 0 Å². The van der Waals surface area contributed by atoms with Gasteiger partial charge < -0.3 is 0 Å². The van der Waals surface area contributed by atoms with E-state index in [2.05, 4.69) is 15.9 Å². The van der Waals surface area contributed by atoms with Crippen LogP contribution in [0.2, 0.25) is 0 Å². The van der Waals surface area contributed by atoms with Crippen LogP contribution in [0.5, 0.6) is 0 Å². The lowest BCUT2D eigenvalue weighted by molar-refractivity contribution is -0.137. The van der Waals surface area contributed by atoms with Crippen LogP contribution in [-0.2, 0) is 0 Å². The van der Waals surface area contributed by atoms with E-state index in [9.17, 15) is 13.2 Å². The van der Waals surface area contributed by atoms with Gasteiger partial charge in [-0.15, -0.1) is 0 Å². The van der Waals surface area contributed by atoms with Gasteiger partial charge in [0, 0.05) is 0 Å². The van der Waals surface area contributed by atoms with E-state index >= 15 is 0 Å². The average molecular weight is 225 g/mol. The van der Waals surface area contributed by atoms with E-state index in [0.717, 1.165) is 0 Å². The minimum Gasteiger partial charge on any atom is -0.168 e. The highest BCUT2D eigenvalue weighted by Crippen LogP contribution is 2.43. The highest BCUT2D eigenvalue weighted by molar-refractivity contribution is 9.10. The monoisotopic (exact) mass is 224 g/mol. The Labute approximate surface area is 64.5 Å². The van der Waals surface area contributed by atoms with Crippen LogP contribution in [0.1, 0.15) is 13.3 Å². The van der Waals surface area contributed by atoms with Gasteiger partial charge in [-0.05, 0) is 6.42 Å². The third kappa shape index (κ3) is 2.34. The SMILES string of the molecule is CCC(Cl)(Br)C(F)(F)F. The number of hydrogen-bond acceptors (Lipinski definition) is 0. The third-order valence-electron chi connectivity index (χ3n) is 0.859. The largest absolute Gasteiger partial charge is 0.417 e. The first-order valence-electron chi connectivity index (χ1n) is 2.26. The zero-order valence-electron chi connectivity index (χ0n) is 4.60. The second-order valence-corrected chi connectivity index (χ2v) is 4.01. The Kier molecular flexibility index (Phi) is 2.83. The van der Waals surface area contributed by atoms with Gasteiger partial charge in [0.05, 0.1) is 0 Å². The summed E-state index contributed by atoms with van der Waals surface area (Å²) in [5.74, 6) is 0. The molecule has 0 bridgehead atoms. The Morgan fingerprint density at radius 2 is 1.78 bits per heavy atom. The molecule has 9 heavy (non-hydrogen) atoms. The van der Waals surface area contributed by atoms with Crippen LogP contribution in [0.4, 0.5) is 13.2 Å². The van der Waals surface area contributed by atoms with Gasteiger partial charge in [0.1, 0.15) is 0 Å². The van der Waals surface area contributed by atoms with Gasteiger partial charge in [-0.25, -0.2) is 0 Å². The van der Waals surface area contributed by atoms with Crippen molar-refractivity contribution in [3.05, 3.63) is 0 Å². The summed E-state index contributed by atoms with van der Waals surface area (Å²) in [5.41, 5.74) is 0. The first kappa shape index (κ1) is 9.56. The maximum Gasteiger partial charge on any atom is 0.417 e. The fourth-order valence-electron chi connectivity index (χ4n) is 0.200. The lowest BCUT2D eigenvalue weighted by atomic mass is 10.3. The minimum atomic E-state index is -4.37. The number of alkyl halides is 5. The van der Waals surface area contributed by atoms with Gasteiger partial charge in [-0.3, -0.25) is 0 Å². The van der Waals surface area contributed by atoms with Gasteiger partial charge in [0.15, 0.2) is 3.78 Å². The molecule has 0 aromatic rings. The summed E-state index contributed by atoms with van der Waals surface area (Å²) in [4.78, 5) is 0. The maximum absolute atomic E-state index is 11.7. The molecular weight excluding hydrogens is 220 g/mol. The molecule has 56 valence electrons. The fourth-order valence-corrected chi connectivity index (χ4v) is 0.200. The molecule has 0 aliphatic carbocycles. The summed E-state index contributed by atoms with van der Waals surface area (Å²) >= 11 is 7.33. The molecule has 1 atom stereocenters. The van der Waals surface area contributed by atoms with Crippen LogP contribution < -0.4 is 0 Å². The van der Waals surface area contributed by atoms with E-state index in [1.165, 1.54) is 6.92 Å². The van der Waals surface area contributed by atoms with Crippen molar-refractivity contribution in [2.75, 3.05) is 0 Å². The molecule has 0 heterocycles. The van der Waals surface area contributed by atoms with Crippen LogP contribution >= 0.6 is 27.5 Å². The van der Waals surface area contributed by atoms with Crippen molar-refractivity contribution in [1.82, 2.24) is 0 Å². The van der Waals surface area contributed by atoms with E-state index in [-0.39, 0.29) is 6.42 Å². The highest BCUT2D eigenvalue weighted by atomic mass is 79.9. The Balaban J connectivity index is 4.14. The summed E-state index contributed by atoms with van der Waals surface area (Å²) in [7, 11) is 0. The summed E-state index contributed by atoms with van der Waals surface area (Å²) in [6.07, 6.45) is -4.55. The molecular formula is C4H5BrClF3. The molecule has 0 amide bonds. The lowest BCUT2D eigenvalue weighted by Crippen LogP contribution is -2.32. The van der Waals surface area contributed by atoms with E-state index in [1.807, 2.05) is 0 Å². The maximum atomic E-state index is 11.7. The van der Waals surface area contributed by atoms with Gasteiger partial charge >= 0.3 is 6.18 Å². The molecule has 5 heteroatoms. The number of hydrogen-bond donors (Lipinski definition) is 0. The molecule has 0 spiro atoms. The summed E-state index contributed by atoms with van der Waals surface area (Å²) < 4.78 is 32.7. The number of rotatable bonds is 1. The molecule has 0 rings (SSSR count). The zero-order chi connectivity index (χ0) is 7.71. The summed E-state index contributed by atoms with van der Waals surface area (Å²) in [5, 5.41) is 0. The van der Waals surface area contributed by atoms with Gasteiger partial charge in [-0.1, -0.05) is 34.5 Å². The quantitative estimate of drug-likeness (QED) is 0.601. The molecule has 0 aliphatic rings. The second-order valence-electron chi connectivity index (χ2n) is 1.56. The van der Waals surface area contributed by atoms with E-state index in [1.54, 1.807) is 0 Å². The van der Waals surface area contributed by atoms with E-state index in [0.29, 0.717) is 0 Å². The molecule has 0 aromatic carbocycles. The van der Waals surface area contributed by atoms with Crippen LogP contribution in [0.25, 0.3) is 0 Å². The smallest absolute Gasteiger partial charge is 0.168 e. The van der Waals surface area contributed by atoms with Crippen molar-refractivity contribution in [3.63, 3.8) is 0 Å². The van der Waals surface area contributed by atoms with Crippen LogP contribution in [-0.4, -0.2) is 9.96 Å². The summed E-state index contributed by atoms with van der Waals surface area (Å²) in [6, 6.07) is 0. The second kappa shape index (κ2) is 2.66. The zero-order valence-corrected chi connectivity index (χ0v) is 6.94. The molecule has 0 saturated carbocycles. The van der Waals surface area contributed by atoms with Crippen molar-refractivity contribution in [2.45, 2.75) is 23.3 Å². The number of halogens is 5. The predicted molar refractivity (Wildman–Crippen MR) is 33.9 cm³/mol. The van der Waals surface area contributed by atoms with Crippen molar-refractivity contribution in [2.24, 2.45) is 0 Å². The Morgan fingerprint density at radius 1 is 1.44 bits per heavy atom. The van der Waals surface area contributed by atoms with Gasteiger partial charge in [-0.2, -0.15) is 13.2 Å². The van der Waals surface area contributed by atoms with Crippen molar-refractivity contribution < 1.29 is 13.2 Å². The predicted octanol–water partition coefficient (Wildman–Crippen LogP) is 3.29. The standard InChI is InChI=1S/C4H5BrClF3/c1-2-3(5,6)4(7,8)9/h2H2,1H3. The average Bonchev–Trinajstić information content (AvgIpc) is 1.64.